The lowest BCUT2D eigenvalue weighted by Crippen LogP contribution is -2.09. The zero-order chi connectivity index (χ0) is 23.0. The SMILES string of the molecule is CCCc1ccc(-c2ccc(N(c3ccccc3)c3ccc(/C=C/C(=O)O)cc3)cc2)cc1. The molecule has 0 radical (unpaired) electrons. The van der Waals surface area contributed by atoms with Gasteiger partial charge in [0, 0.05) is 23.1 Å². The summed E-state index contributed by atoms with van der Waals surface area (Å²) < 4.78 is 0. The minimum absolute atomic E-state index is 0.844. The minimum atomic E-state index is -0.954. The number of aliphatic carboxylic acids is 1. The summed E-state index contributed by atoms with van der Waals surface area (Å²) >= 11 is 0. The number of aryl methyl sites for hydroxylation is 1. The van der Waals surface area contributed by atoms with Crippen LogP contribution in [0.5, 0.6) is 0 Å². The van der Waals surface area contributed by atoms with Gasteiger partial charge in [-0.25, -0.2) is 4.79 Å². The molecular formula is C30H27NO2. The Morgan fingerprint density at radius 2 is 1.24 bits per heavy atom. The molecule has 0 aromatic heterocycles. The first kappa shape index (κ1) is 22.1. The second-order valence-corrected chi connectivity index (χ2v) is 7.93. The fourth-order valence-corrected chi connectivity index (χ4v) is 3.88. The number of rotatable bonds is 8. The van der Waals surface area contributed by atoms with E-state index in [1.54, 1.807) is 6.08 Å². The van der Waals surface area contributed by atoms with Crippen LogP contribution in [0.3, 0.4) is 0 Å². The van der Waals surface area contributed by atoms with Crippen molar-refractivity contribution >= 4 is 29.1 Å². The van der Waals surface area contributed by atoms with Crippen molar-refractivity contribution < 1.29 is 9.90 Å². The highest BCUT2D eigenvalue weighted by atomic mass is 16.4. The van der Waals surface area contributed by atoms with Crippen LogP contribution in [0.2, 0.25) is 0 Å². The van der Waals surface area contributed by atoms with E-state index in [9.17, 15) is 4.79 Å². The molecule has 164 valence electrons. The molecule has 0 unspecified atom stereocenters. The number of carboxylic acid groups (broad SMARTS) is 1. The first-order valence-corrected chi connectivity index (χ1v) is 11.2. The molecule has 1 N–H and O–H groups in total. The number of nitrogens with zero attached hydrogens (tertiary/aromatic N) is 1. The molecule has 4 aromatic rings. The van der Waals surface area contributed by atoms with Gasteiger partial charge >= 0.3 is 5.97 Å². The maximum absolute atomic E-state index is 10.8. The molecule has 0 spiro atoms. The van der Waals surface area contributed by atoms with E-state index < -0.39 is 5.97 Å². The molecule has 0 atom stereocenters. The molecule has 3 heteroatoms. The Morgan fingerprint density at radius 3 is 1.79 bits per heavy atom. The molecule has 4 rings (SSSR count). The highest BCUT2D eigenvalue weighted by Crippen LogP contribution is 2.35. The van der Waals surface area contributed by atoms with Crippen molar-refractivity contribution in [2.24, 2.45) is 0 Å². The molecule has 4 aromatic carbocycles. The van der Waals surface area contributed by atoms with Gasteiger partial charge in [0.05, 0.1) is 0 Å². The zero-order valence-electron chi connectivity index (χ0n) is 18.7. The molecule has 0 fully saturated rings. The van der Waals surface area contributed by atoms with Crippen LogP contribution in [-0.2, 0) is 11.2 Å². The number of carbonyl (C=O) groups is 1. The van der Waals surface area contributed by atoms with Crippen LogP contribution in [0.4, 0.5) is 17.1 Å². The summed E-state index contributed by atoms with van der Waals surface area (Å²) in [4.78, 5) is 13.0. The average Bonchev–Trinajstić information content (AvgIpc) is 2.85. The first-order chi connectivity index (χ1) is 16.1. The smallest absolute Gasteiger partial charge is 0.328 e. The van der Waals surface area contributed by atoms with Gasteiger partial charge in [-0.2, -0.15) is 0 Å². The summed E-state index contributed by atoms with van der Waals surface area (Å²) in [5, 5.41) is 8.86. The predicted octanol–water partition coefficient (Wildman–Crippen LogP) is 7.87. The summed E-state index contributed by atoms with van der Waals surface area (Å²) in [6.07, 6.45) is 5.01. The molecule has 0 amide bonds. The summed E-state index contributed by atoms with van der Waals surface area (Å²) in [5.41, 5.74) is 7.73. The van der Waals surface area contributed by atoms with Crippen molar-refractivity contribution in [3.05, 3.63) is 120 Å². The quantitative estimate of drug-likeness (QED) is 0.287. The van der Waals surface area contributed by atoms with Crippen LogP contribution in [0.1, 0.15) is 24.5 Å². The summed E-state index contributed by atoms with van der Waals surface area (Å²) in [6.45, 7) is 2.20. The van der Waals surface area contributed by atoms with Crippen LogP contribution in [0, 0.1) is 0 Å². The van der Waals surface area contributed by atoms with Gasteiger partial charge in [-0.1, -0.05) is 80.1 Å². The highest BCUT2D eigenvalue weighted by molar-refractivity contribution is 5.85. The van der Waals surface area contributed by atoms with E-state index in [0.29, 0.717) is 0 Å². The fraction of sp³-hybridized carbons (Fsp3) is 0.100. The van der Waals surface area contributed by atoms with Crippen molar-refractivity contribution in [1.82, 2.24) is 0 Å². The second-order valence-electron chi connectivity index (χ2n) is 7.93. The lowest BCUT2D eigenvalue weighted by Gasteiger charge is -2.25. The largest absolute Gasteiger partial charge is 0.478 e. The normalized spacial score (nSPS) is 10.9. The number of para-hydroxylation sites is 1. The fourth-order valence-electron chi connectivity index (χ4n) is 3.88. The Bertz CT molecular complexity index is 1210. The van der Waals surface area contributed by atoms with E-state index in [4.69, 9.17) is 5.11 Å². The molecule has 3 nitrogen and oxygen atoms in total. The van der Waals surface area contributed by atoms with Crippen LogP contribution >= 0.6 is 0 Å². The molecule has 0 saturated heterocycles. The lowest BCUT2D eigenvalue weighted by molar-refractivity contribution is -0.131. The van der Waals surface area contributed by atoms with E-state index >= 15 is 0 Å². The van der Waals surface area contributed by atoms with E-state index in [0.717, 1.165) is 41.5 Å². The van der Waals surface area contributed by atoms with Crippen LogP contribution < -0.4 is 4.90 Å². The van der Waals surface area contributed by atoms with Gasteiger partial charge in [0.25, 0.3) is 0 Å². The van der Waals surface area contributed by atoms with Crippen molar-refractivity contribution in [2.75, 3.05) is 4.90 Å². The molecule has 0 aliphatic carbocycles. The molecule has 0 saturated carbocycles. The Kier molecular flexibility index (Phi) is 7.01. The van der Waals surface area contributed by atoms with Crippen LogP contribution in [0.15, 0.2) is 109 Å². The number of benzene rings is 4. The molecule has 0 bridgehead atoms. The monoisotopic (exact) mass is 433 g/mol. The van der Waals surface area contributed by atoms with Crippen molar-refractivity contribution in [3.63, 3.8) is 0 Å². The lowest BCUT2D eigenvalue weighted by atomic mass is 10.0. The molecule has 0 aliphatic heterocycles. The van der Waals surface area contributed by atoms with Gasteiger partial charge in [0.2, 0.25) is 0 Å². The third-order valence-corrected chi connectivity index (χ3v) is 5.54. The van der Waals surface area contributed by atoms with Crippen molar-refractivity contribution in [3.8, 4) is 11.1 Å². The maximum Gasteiger partial charge on any atom is 0.328 e. The first-order valence-electron chi connectivity index (χ1n) is 11.2. The maximum atomic E-state index is 10.8. The number of hydrogen-bond acceptors (Lipinski definition) is 2. The summed E-state index contributed by atoms with van der Waals surface area (Å²) in [6, 6.07) is 35.5. The van der Waals surface area contributed by atoms with Crippen LogP contribution in [-0.4, -0.2) is 11.1 Å². The number of hydrogen-bond donors (Lipinski definition) is 1. The third-order valence-electron chi connectivity index (χ3n) is 5.54. The standard InChI is InChI=1S/C30H27NO2/c1-2-6-23-9-14-25(15-10-23)26-16-20-29(21-17-26)31(27-7-4-3-5-8-27)28-18-11-24(12-19-28)13-22-30(32)33/h3-5,7-22H,2,6H2,1H3,(H,32,33)/b22-13+. The molecule has 0 heterocycles. The second kappa shape index (κ2) is 10.5. The van der Waals surface area contributed by atoms with Crippen molar-refractivity contribution in [1.29, 1.82) is 0 Å². The Morgan fingerprint density at radius 1 is 0.727 bits per heavy atom. The molecular weight excluding hydrogens is 406 g/mol. The molecule has 33 heavy (non-hydrogen) atoms. The molecule has 0 aliphatic rings. The van der Waals surface area contributed by atoms with Gasteiger partial charge in [0.1, 0.15) is 0 Å². The van der Waals surface area contributed by atoms with E-state index in [1.807, 2.05) is 42.5 Å². The Balaban J connectivity index is 1.65. The van der Waals surface area contributed by atoms with Gasteiger partial charge in [-0.15, -0.1) is 0 Å². The summed E-state index contributed by atoms with van der Waals surface area (Å²) in [7, 11) is 0. The van der Waals surface area contributed by atoms with Gasteiger partial charge in [0.15, 0.2) is 0 Å². The Hall–Kier alpha value is -4.11. The Labute approximate surface area is 195 Å². The van der Waals surface area contributed by atoms with Gasteiger partial charge in [-0.05, 0) is 71.1 Å². The van der Waals surface area contributed by atoms with Crippen LogP contribution in [0.25, 0.3) is 17.2 Å². The van der Waals surface area contributed by atoms with Gasteiger partial charge < -0.3 is 10.0 Å². The van der Waals surface area contributed by atoms with Crippen molar-refractivity contribution in [2.45, 2.75) is 19.8 Å². The van der Waals surface area contributed by atoms with E-state index in [-0.39, 0.29) is 0 Å². The zero-order valence-corrected chi connectivity index (χ0v) is 18.7. The van der Waals surface area contributed by atoms with E-state index in [1.165, 1.54) is 16.7 Å². The van der Waals surface area contributed by atoms with E-state index in [2.05, 4.69) is 72.5 Å². The average molecular weight is 434 g/mol. The highest BCUT2D eigenvalue weighted by Gasteiger charge is 2.12. The minimum Gasteiger partial charge on any atom is -0.478 e. The summed E-state index contributed by atoms with van der Waals surface area (Å²) in [5.74, 6) is -0.954. The predicted molar refractivity (Wildman–Crippen MR) is 137 cm³/mol. The number of anilines is 3. The number of carboxylic acids is 1. The topological polar surface area (TPSA) is 40.5 Å². The van der Waals surface area contributed by atoms with Gasteiger partial charge in [-0.3, -0.25) is 0 Å². The third kappa shape index (κ3) is 5.58.